The van der Waals surface area contributed by atoms with Crippen LogP contribution in [0.3, 0.4) is 0 Å². The molecule has 1 atom stereocenters. The van der Waals surface area contributed by atoms with Crippen LogP contribution < -0.4 is 15.4 Å². The van der Waals surface area contributed by atoms with Gasteiger partial charge >= 0.3 is 5.97 Å². The van der Waals surface area contributed by atoms with E-state index < -0.39 is 17.9 Å². The Labute approximate surface area is 193 Å². The van der Waals surface area contributed by atoms with Gasteiger partial charge in [-0.15, -0.1) is 0 Å². The predicted molar refractivity (Wildman–Crippen MR) is 122 cm³/mol. The maximum atomic E-state index is 12.6. The standard InChI is InChI=1S/C22H31N3O6S/c1-3-5-12-31-19(26)15-18-21(28)23-10-11-25(18)22(32)24-20(27)16-6-8-17(9-7-16)30-14-13-29-4-2/h6-9,18H,3-5,10-15H2,1-2H3,(H,23,28)(H,24,27,32). The van der Waals surface area contributed by atoms with Crippen LogP contribution in [0, 0.1) is 0 Å². The highest BCUT2D eigenvalue weighted by molar-refractivity contribution is 7.80. The fourth-order valence-corrected chi connectivity index (χ4v) is 3.33. The minimum atomic E-state index is -0.827. The second-order valence-corrected chi connectivity index (χ2v) is 7.49. The maximum Gasteiger partial charge on any atom is 0.308 e. The fraction of sp³-hybridized carbons (Fsp3) is 0.545. The summed E-state index contributed by atoms with van der Waals surface area (Å²) >= 11 is 5.37. The van der Waals surface area contributed by atoms with Crippen molar-refractivity contribution < 1.29 is 28.6 Å². The summed E-state index contributed by atoms with van der Waals surface area (Å²) in [4.78, 5) is 38.6. The van der Waals surface area contributed by atoms with Crippen molar-refractivity contribution in [3.63, 3.8) is 0 Å². The largest absolute Gasteiger partial charge is 0.491 e. The lowest BCUT2D eigenvalue weighted by Crippen LogP contribution is -2.60. The SMILES string of the molecule is CCCCOC(=O)CC1C(=O)NCCN1C(=S)NC(=O)c1ccc(OCCOCC)cc1. The van der Waals surface area contributed by atoms with Gasteiger partial charge in [0, 0.05) is 25.3 Å². The van der Waals surface area contributed by atoms with Gasteiger partial charge in [-0.2, -0.15) is 0 Å². The second kappa shape index (κ2) is 13.6. The molecule has 176 valence electrons. The molecule has 1 aliphatic heterocycles. The highest BCUT2D eigenvalue weighted by Crippen LogP contribution is 2.14. The van der Waals surface area contributed by atoms with E-state index >= 15 is 0 Å². The topological polar surface area (TPSA) is 106 Å². The third kappa shape index (κ3) is 8.08. The molecule has 0 radical (unpaired) electrons. The quantitative estimate of drug-likeness (QED) is 0.289. The Hall–Kier alpha value is -2.72. The molecule has 1 unspecified atom stereocenters. The number of carbonyl (C=O) groups is 3. The number of unbranched alkanes of at least 4 members (excludes halogenated alkanes) is 1. The average Bonchev–Trinajstić information content (AvgIpc) is 2.78. The third-order valence-electron chi connectivity index (χ3n) is 4.75. The van der Waals surface area contributed by atoms with E-state index in [0.717, 1.165) is 12.8 Å². The van der Waals surface area contributed by atoms with Crippen molar-refractivity contribution >= 4 is 35.1 Å². The van der Waals surface area contributed by atoms with Gasteiger partial charge in [0.2, 0.25) is 5.91 Å². The molecule has 2 rings (SSSR count). The van der Waals surface area contributed by atoms with Crippen LogP contribution in [0.25, 0.3) is 0 Å². The van der Waals surface area contributed by atoms with Gasteiger partial charge in [0.15, 0.2) is 5.11 Å². The van der Waals surface area contributed by atoms with Gasteiger partial charge in [-0.25, -0.2) is 0 Å². The Kier molecular flexibility index (Phi) is 10.9. The normalized spacial score (nSPS) is 15.6. The summed E-state index contributed by atoms with van der Waals surface area (Å²) in [5.41, 5.74) is 0.390. The van der Waals surface area contributed by atoms with Crippen molar-refractivity contribution in [3.05, 3.63) is 29.8 Å². The average molecular weight is 466 g/mol. The summed E-state index contributed by atoms with van der Waals surface area (Å²) < 4.78 is 15.9. The van der Waals surface area contributed by atoms with Gasteiger partial charge in [0.25, 0.3) is 5.91 Å². The number of nitrogens with zero attached hydrogens (tertiary/aromatic N) is 1. The fourth-order valence-electron chi connectivity index (χ4n) is 3.01. The number of hydrogen-bond acceptors (Lipinski definition) is 7. The summed E-state index contributed by atoms with van der Waals surface area (Å²) in [6, 6.07) is 5.80. The third-order valence-corrected chi connectivity index (χ3v) is 5.09. The minimum Gasteiger partial charge on any atom is -0.491 e. The lowest BCUT2D eigenvalue weighted by molar-refractivity contribution is -0.147. The van der Waals surface area contributed by atoms with Crippen LogP contribution in [0.15, 0.2) is 24.3 Å². The number of esters is 1. The number of benzene rings is 1. The number of thiocarbonyl (C=S) groups is 1. The van der Waals surface area contributed by atoms with E-state index in [9.17, 15) is 14.4 Å². The molecule has 1 heterocycles. The molecule has 32 heavy (non-hydrogen) atoms. The molecule has 1 fully saturated rings. The monoisotopic (exact) mass is 465 g/mol. The molecule has 10 heteroatoms. The van der Waals surface area contributed by atoms with Gasteiger partial charge in [0.1, 0.15) is 18.4 Å². The van der Waals surface area contributed by atoms with Gasteiger partial charge in [-0.05, 0) is 49.8 Å². The number of carbonyl (C=O) groups excluding carboxylic acids is 3. The van der Waals surface area contributed by atoms with Crippen molar-refractivity contribution in [2.45, 2.75) is 39.2 Å². The van der Waals surface area contributed by atoms with E-state index in [1.165, 1.54) is 0 Å². The molecule has 2 amide bonds. The lowest BCUT2D eigenvalue weighted by atomic mass is 10.1. The molecular weight excluding hydrogens is 434 g/mol. The van der Waals surface area contributed by atoms with Crippen LogP contribution in [-0.4, -0.2) is 73.4 Å². The van der Waals surface area contributed by atoms with Crippen LogP contribution in [0.4, 0.5) is 0 Å². The molecule has 0 bridgehead atoms. The summed E-state index contributed by atoms with van der Waals surface area (Å²) in [5.74, 6) is -0.585. The highest BCUT2D eigenvalue weighted by atomic mass is 32.1. The van der Waals surface area contributed by atoms with Crippen molar-refractivity contribution in [2.75, 3.05) is 39.5 Å². The van der Waals surface area contributed by atoms with Gasteiger partial charge < -0.3 is 24.4 Å². The first-order valence-corrected chi connectivity index (χ1v) is 11.2. The smallest absolute Gasteiger partial charge is 0.308 e. The first-order valence-electron chi connectivity index (χ1n) is 10.8. The van der Waals surface area contributed by atoms with Crippen molar-refractivity contribution in [3.8, 4) is 5.75 Å². The molecule has 2 N–H and O–H groups in total. The number of rotatable bonds is 11. The maximum absolute atomic E-state index is 12.6. The Morgan fingerprint density at radius 2 is 1.94 bits per heavy atom. The Morgan fingerprint density at radius 1 is 1.19 bits per heavy atom. The van der Waals surface area contributed by atoms with Crippen LogP contribution in [0.2, 0.25) is 0 Å². The zero-order chi connectivity index (χ0) is 23.3. The zero-order valence-electron chi connectivity index (χ0n) is 18.6. The first-order chi connectivity index (χ1) is 15.5. The number of hydrogen-bond donors (Lipinski definition) is 2. The van der Waals surface area contributed by atoms with Crippen LogP contribution >= 0.6 is 12.2 Å². The van der Waals surface area contributed by atoms with E-state index in [-0.39, 0.29) is 17.4 Å². The summed E-state index contributed by atoms with van der Waals surface area (Å²) in [6.07, 6.45) is 1.52. The lowest BCUT2D eigenvalue weighted by Gasteiger charge is -2.36. The number of amides is 2. The number of piperazine rings is 1. The first kappa shape index (κ1) is 25.5. The van der Waals surface area contributed by atoms with Crippen LogP contribution in [-0.2, 0) is 19.1 Å². The van der Waals surface area contributed by atoms with E-state index in [4.69, 9.17) is 26.4 Å². The molecule has 0 aliphatic carbocycles. The molecule has 0 spiro atoms. The van der Waals surface area contributed by atoms with E-state index in [1.54, 1.807) is 29.2 Å². The highest BCUT2D eigenvalue weighted by Gasteiger charge is 2.34. The van der Waals surface area contributed by atoms with Crippen LogP contribution in [0.1, 0.15) is 43.5 Å². The van der Waals surface area contributed by atoms with E-state index in [2.05, 4.69) is 10.6 Å². The van der Waals surface area contributed by atoms with Crippen molar-refractivity contribution in [1.82, 2.24) is 15.5 Å². The summed E-state index contributed by atoms with van der Waals surface area (Å²) in [7, 11) is 0. The summed E-state index contributed by atoms with van der Waals surface area (Å²) in [5, 5.41) is 5.46. The molecule has 1 aromatic rings. The van der Waals surface area contributed by atoms with E-state index in [0.29, 0.717) is 50.8 Å². The summed E-state index contributed by atoms with van der Waals surface area (Å²) in [6.45, 7) is 6.50. The molecule has 9 nitrogen and oxygen atoms in total. The van der Waals surface area contributed by atoms with Gasteiger partial charge in [-0.3, -0.25) is 19.7 Å². The zero-order valence-corrected chi connectivity index (χ0v) is 19.4. The van der Waals surface area contributed by atoms with Gasteiger partial charge in [-0.1, -0.05) is 13.3 Å². The Bertz CT molecular complexity index is 786. The van der Waals surface area contributed by atoms with E-state index in [1.807, 2.05) is 13.8 Å². The Morgan fingerprint density at radius 3 is 2.62 bits per heavy atom. The molecule has 1 saturated heterocycles. The second-order valence-electron chi connectivity index (χ2n) is 7.11. The van der Waals surface area contributed by atoms with Gasteiger partial charge in [0.05, 0.1) is 19.6 Å². The molecule has 0 saturated carbocycles. The molecule has 0 aromatic heterocycles. The minimum absolute atomic E-state index is 0.0910. The Balaban J connectivity index is 1.92. The molecule has 1 aromatic carbocycles. The molecular formula is C22H31N3O6S. The van der Waals surface area contributed by atoms with Crippen LogP contribution in [0.5, 0.6) is 5.75 Å². The number of ether oxygens (including phenoxy) is 3. The predicted octanol–water partition coefficient (Wildman–Crippen LogP) is 1.65. The van der Waals surface area contributed by atoms with Crippen molar-refractivity contribution in [2.24, 2.45) is 0 Å². The molecule has 1 aliphatic rings. The van der Waals surface area contributed by atoms with Crippen molar-refractivity contribution in [1.29, 1.82) is 0 Å². The number of nitrogens with one attached hydrogen (secondary N) is 2.